The van der Waals surface area contributed by atoms with Crippen LogP contribution in [-0.4, -0.2) is 44.1 Å². The largest absolute Gasteiger partial charge is 0.493 e. The summed E-state index contributed by atoms with van der Waals surface area (Å²) in [5.41, 5.74) is 0. The summed E-state index contributed by atoms with van der Waals surface area (Å²) < 4.78 is 11.1. The van der Waals surface area contributed by atoms with Crippen LogP contribution in [0.5, 0.6) is 5.75 Å². The number of carbonyl (C=O) groups is 2. The third-order valence-electron chi connectivity index (χ3n) is 2.98. The van der Waals surface area contributed by atoms with Crippen LogP contribution in [-0.2, 0) is 14.3 Å². The molecule has 0 aliphatic carbocycles. The third kappa shape index (κ3) is 6.16. The number of nitrogens with zero attached hydrogens (tertiary/aromatic N) is 1. The van der Waals surface area contributed by atoms with Crippen LogP contribution in [0.25, 0.3) is 0 Å². The molecule has 0 aliphatic rings. The normalized spacial score (nSPS) is 11.6. The van der Waals surface area contributed by atoms with E-state index in [1.54, 1.807) is 14.0 Å². The van der Waals surface area contributed by atoms with E-state index in [9.17, 15) is 9.59 Å². The molecular formula is C15H20BrNO4. The number of halogens is 1. The fraction of sp³-hybridized carbons (Fsp3) is 0.467. The first kappa shape index (κ1) is 17.5. The van der Waals surface area contributed by atoms with Crippen molar-refractivity contribution in [1.29, 1.82) is 0 Å². The molecule has 6 heteroatoms. The van der Waals surface area contributed by atoms with Crippen molar-refractivity contribution in [3.05, 3.63) is 28.7 Å². The lowest BCUT2D eigenvalue weighted by Gasteiger charge is -2.20. The first-order valence-electron chi connectivity index (χ1n) is 6.64. The molecule has 0 saturated carbocycles. The van der Waals surface area contributed by atoms with Gasteiger partial charge in [0.15, 0.2) is 0 Å². The molecular weight excluding hydrogens is 338 g/mol. The van der Waals surface area contributed by atoms with E-state index < -0.39 is 0 Å². The minimum atomic E-state index is -0.337. The molecule has 1 aromatic rings. The lowest BCUT2D eigenvalue weighted by Crippen LogP contribution is -2.34. The minimum Gasteiger partial charge on any atom is -0.493 e. The van der Waals surface area contributed by atoms with Gasteiger partial charge in [0.1, 0.15) is 5.75 Å². The highest BCUT2D eigenvalue weighted by molar-refractivity contribution is 9.10. The number of carbonyl (C=O) groups excluding carboxylic acids is 2. The van der Waals surface area contributed by atoms with Gasteiger partial charge < -0.3 is 14.4 Å². The highest BCUT2D eigenvalue weighted by Gasteiger charge is 2.18. The van der Waals surface area contributed by atoms with Crippen LogP contribution < -0.4 is 4.74 Å². The van der Waals surface area contributed by atoms with Gasteiger partial charge in [-0.1, -0.05) is 22.9 Å². The fourth-order valence-electron chi connectivity index (χ4n) is 1.77. The predicted octanol–water partition coefficient (Wildman–Crippen LogP) is 2.49. The van der Waals surface area contributed by atoms with Crippen molar-refractivity contribution in [1.82, 2.24) is 4.90 Å². The van der Waals surface area contributed by atoms with Crippen molar-refractivity contribution in [3.8, 4) is 5.75 Å². The first-order chi connectivity index (χ1) is 9.93. The Labute approximate surface area is 133 Å². The van der Waals surface area contributed by atoms with Gasteiger partial charge >= 0.3 is 5.97 Å². The van der Waals surface area contributed by atoms with Crippen molar-refractivity contribution in [2.45, 2.75) is 13.3 Å². The summed E-state index contributed by atoms with van der Waals surface area (Å²) in [6, 6.07) is 7.41. The van der Waals surface area contributed by atoms with Crippen molar-refractivity contribution in [2.24, 2.45) is 5.92 Å². The maximum atomic E-state index is 11.9. The van der Waals surface area contributed by atoms with Crippen molar-refractivity contribution in [2.75, 3.05) is 27.3 Å². The van der Waals surface area contributed by atoms with Gasteiger partial charge in [-0.3, -0.25) is 9.59 Å². The van der Waals surface area contributed by atoms with E-state index in [-0.39, 0.29) is 24.2 Å². The molecule has 1 aromatic carbocycles. The summed E-state index contributed by atoms with van der Waals surface area (Å²) in [5.74, 6) is -0.00319. The summed E-state index contributed by atoms with van der Waals surface area (Å²) in [5, 5.41) is 0. The van der Waals surface area contributed by atoms with Crippen LogP contribution in [0.15, 0.2) is 28.7 Å². The Morgan fingerprint density at radius 3 is 2.48 bits per heavy atom. The molecule has 0 N–H and O–H groups in total. The van der Waals surface area contributed by atoms with Crippen LogP contribution in [0.1, 0.15) is 13.3 Å². The Kier molecular flexibility index (Phi) is 7.22. The lowest BCUT2D eigenvalue weighted by molar-refractivity contribution is -0.146. The molecule has 5 nitrogen and oxygen atoms in total. The van der Waals surface area contributed by atoms with E-state index >= 15 is 0 Å². The molecule has 1 amide bonds. The van der Waals surface area contributed by atoms with Gasteiger partial charge in [-0.15, -0.1) is 0 Å². The minimum absolute atomic E-state index is 0.0668. The number of amides is 1. The zero-order valence-corrected chi connectivity index (χ0v) is 14.1. The quantitative estimate of drug-likeness (QED) is 0.703. The number of methoxy groups -OCH3 is 1. The highest BCUT2D eigenvalue weighted by atomic mass is 79.9. The Morgan fingerprint density at radius 1 is 1.29 bits per heavy atom. The van der Waals surface area contributed by atoms with Gasteiger partial charge in [-0.25, -0.2) is 0 Å². The molecule has 0 bridgehead atoms. The zero-order valence-electron chi connectivity index (χ0n) is 12.5. The van der Waals surface area contributed by atoms with E-state index in [0.717, 1.165) is 10.2 Å². The smallest absolute Gasteiger partial charge is 0.310 e. The van der Waals surface area contributed by atoms with Gasteiger partial charge in [-0.2, -0.15) is 0 Å². The van der Waals surface area contributed by atoms with Gasteiger partial charge in [-0.05, 0) is 24.3 Å². The zero-order chi connectivity index (χ0) is 15.8. The van der Waals surface area contributed by atoms with Crippen LogP contribution in [0.2, 0.25) is 0 Å². The maximum absolute atomic E-state index is 11.9. The molecule has 1 atom stereocenters. The Hall–Kier alpha value is -1.56. The number of hydrogen-bond acceptors (Lipinski definition) is 4. The second-order valence-electron chi connectivity index (χ2n) is 4.75. The van der Waals surface area contributed by atoms with Gasteiger partial charge in [0.25, 0.3) is 0 Å². The van der Waals surface area contributed by atoms with Crippen molar-refractivity contribution >= 4 is 27.8 Å². The molecule has 0 radical (unpaired) electrons. The molecule has 1 rings (SSSR count). The van der Waals surface area contributed by atoms with Crippen LogP contribution >= 0.6 is 15.9 Å². The molecule has 0 aromatic heterocycles. The number of rotatable bonds is 7. The second-order valence-corrected chi connectivity index (χ2v) is 5.67. The Balaban J connectivity index is 2.32. The molecule has 0 saturated heterocycles. The van der Waals surface area contributed by atoms with Crippen LogP contribution in [0.4, 0.5) is 0 Å². The summed E-state index contributed by atoms with van der Waals surface area (Å²) in [7, 11) is 3.01. The fourth-order valence-corrected chi connectivity index (χ4v) is 2.03. The van der Waals surface area contributed by atoms with Gasteiger partial charge in [0.2, 0.25) is 5.91 Å². The summed E-state index contributed by atoms with van der Waals surface area (Å²) in [4.78, 5) is 24.7. The molecule has 0 fully saturated rings. The number of benzene rings is 1. The molecule has 21 heavy (non-hydrogen) atoms. The predicted molar refractivity (Wildman–Crippen MR) is 83.1 cm³/mol. The summed E-state index contributed by atoms with van der Waals surface area (Å²) >= 11 is 3.34. The second kappa shape index (κ2) is 8.67. The van der Waals surface area contributed by atoms with Crippen molar-refractivity contribution in [3.63, 3.8) is 0 Å². The van der Waals surface area contributed by atoms with Gasteiger partial charge in [0, 0.05) is 18.1 Å². The number of hydrogen-bond donors (Lipinski definition) is 0. The number of ether oxygens (including phenoxy) is 2. The molecule has 0 heterocycles. The topological polar surface area (TPSA) is 55.8 Å². The number of esters is 1. The summed E-state index contributed by atoms with van der Waals surface area (Å²) in [6.07, 6.45) is 0.264. The lowest BCUT2D eigenvalue weighted by atomic mass is 10.1. The van der Waals surface area contributed by atoms with E-state index in [0.29, 0.717) is 13.2 Å². The third-order valence-corrected chi connectivity index (χ3v) is 3.50. The van der Waals surface area contributed by atoms with E-state index in [1.165, 1.54) is 12.0 Å². The SMILES string of the molecule is COC(=O)C(C)CN(C)C(=O)CCOc1ccc(Br)cc1. The monoisotopic (exact) mass is 357 g/mol. The average molecular weight is 358 g/mol. The first-order valence-corrected chi connectivity index (χ1v) is 7.43. The molecule has 0 spiro atoms. The summed E-state index contributed by atoms with van der Waals surface area (Å²) in [6.45, 7) is 2.37. The molecule has 0 aliphatic heterocycles. The van der Waals surface area contributed by atoms with E-state index in [2.05, 4.69) is 20.7 Å². The Morgan fingerprint density at radius 2 is 1.90 bits per heavy atom. The van der Waals surface area contributed by atoms with Crippen LogP contribution in [0, 0.1) is 5.92 Å². The van der Waals surface area contributed by atoms with Crippen LogP contribution in [0.3, 0.4) is 0 Å². The van der Waals surface area contributed by atoms with Gasteiger partial charge in [0.05, 0.1) is 26.1 Å². The Bertz CT molecular complexity index is 475. The molecule has 116 valence electrons. The highest BCUT2D eigenvalue weighted by Crippen LogP contribution is 2.16. The van der Waals surface area contributed by atoms with Crippen molar-refractivity contribution < 1.29 is 19.1 Å². The average Bonchev–Trinajstić information content (AvgIpc) is 2.48. The van der Waals surface area contributed by atoms with E-state index in [1.807, 2.05) is 24.3 Å². The standard InChI is InChI=1S/C15H20BrNO4/c1-11(15(19)20-3)10-17(2)14(18)8-9-21-13-6-4-12(16)5-7-13/h4-7,11H,8-10H2,1-3H3. The maximum Gasteiger partial charge on any atom is 0.310 e. The molecule has 1 unspecified atom stereocenters. The van der Waals surface area contributed by atoms with E-state index in [4.69, 9.17) is 4.74 Å².